The molecule has 2 aliphatic heterocycles. The summed E-state index contributed by atoms with van der Waals surface area (Å²) in [6, 6.07) is 8.43. The summed E-state index contributed by atoms with van der Waals surface area (Å²) >= 11 is 0. The third-order valence-electron chi connectivity index (χ3n) is 6.00. The van der Waals surface area contributed by atoms with Crippen molar-refractivity contribution in [3.63, 3.8) is 0 Å². The van der Waals surface area contributed by atoms with Crippen LogP contribution in [0.1, 0.15) is 25.7 Å². The van der Waals surface area contributed by atoms with E-state index in [4.69, 9.17) is 0 Å². The van der Waals surface area contributed by atoms with Crippen molar-refractivity contribution in [2.45, 2.75) is 44.3 Å². The van der Waals surface area contributed by atoms with Crippen LogP contribution in [-0.4, -0.2) is 57.1 Å². The minimum Gasteiger partial charge on any atom is -0.337 e. The van der Waals surface area contributed by atoms with E-state index in [2.05, 4.69) is 11.9 Å². The maximum Gasteiger partial charge on any atom is 0.329 e. The molecule has 3 heterocycles. The van der Waals surface area contributed by atoms with Crippen molar-refractivity contribution < 1.29 is 4.79 Å². The van der Waals surface area contributed by atoms with Crippen molar-refractivity contribution in [1.82, 2.24) is 18.9 Å². The number of aryl methyl sites for hydroxylation is 1. The smallest absolute Gasteiger partial charge is 0.329 e. The summed E-state index contributed by atoms with van der Waals surface area (Å²) in [6.07, 6.45) is 4.49. The highest BCUT2D eigenvalue weighted by Gasteiger charge is 2.39. The van der Waals surface area contributed by atoms with Crippen molar-refractivity contribution >= 4 is 16.9 Å². The molecule has 4 rings (SSSR count). The number of carbonyl (C=O) groups excluding carboxylic acids is 1. The van der Waals surface area contributed by atoms with Crippen LogP contribution in [0, 0.1) is 0 Å². The number of amides is 1. The van der Waals surface area contributed by atoms with Crippen molar-refractivity contribution in [1.29, 1.82) is 0 Å². The van der Waals surface area contributed by atoms with Gasteiger partial charge in [-0.05, 0) is 45.0 Å². The average molecular weight is 342 g/mol. The van der Waals surface area contributed by atoms with E-state index < -0.39 is 0 Å². The Labute approximate surface area is 147 Å². The maximum absolute atomic E-state index is 13.0. The zero-order valence-corrected chi connectivity index (χ0v) is 15.0. The fourth-order valence-corrected chi connectivity index (χ4v) is 4.63. The Morgan fingerprint density at radius 2 is 1.80 bits per heavy atom. The summed E-state index contributed by atoms with van der Waals surface area (Å²) in [5.41, 5.74) is 1.58. The van der Waals surface area contributed by atoms with Crippen LogP contribution in [-0.2, 0) is 18.4 Å². The van der Waals surface area contributed by atoms with Crippen molar-refractivity contribution in [2.24, 2.45) is 7.05 Å². The average Bonchev–Trinajstić information content (AvgIpc) is 3.08. The Morgan fingerprint density at radius 3 is 2.60 bits per heavy atom. The molecule has 2 aliphatic rings. The first-order valence-corrected chi connectivity index (χ1v) is 9.22. The van der Waals surface area contributed by atoms with Crippen LogP contribution in [0.25, 0.3) is 11.0 Å². The van der Waals surface area contributed by atoms with Gasteiger partial charge in [0.15, 0.2) is 0 Å². The lowest BCUT2D eigenvalue weighted by molar-refractivity contribution is -0.133. The summed E-state index contributed by atoms with van der Waals surface area (Å²) in [4.78, 5) is 30.0. The molecule has 0 spiro atoms. The lowest BCUT2D eigenvalue weighted by Gasteiger charge is -2.30. The Morgan fingerprint density at radius 1 is 1.04 bits per heavy atom. The molecule has 25 heavy (non-hydrogen) atoms. The van der Waals surface area contributed by atoms with Gasteiger partial charge in [0, 0.05) is 25.7 Å². The van der Waals surface area contributed by atoms with Gasteiger partial charge < -0.3 is 9.80 Å². The second-order valence-corrected chi connectivity index (χ2v) is 7.40. The number of imidazole rings is 1. The number of hydrogen-bond donors (Lipinski definition) is 0. The molecule has 2 fully saturated rings. The van der Waals surface area contributed by atoms with E-state index in [1.807, 2.05) is 29.2 Å². The minimum atomic E-state index is -0.122. The first-order chi connectivity index (χ1) is 12.1. The van der Waals surface area contributed by atoms with Gasteiger partial charge in [0.25, 0.3) is 0 Å². The predicted octanol–water partition coefficient (Wildman–Crippen LogP) is 1.43. The van der Waals surface area contributed by atoms with E-state index in [0.29, 0.717) is 12.1 Å². The van der Waals surface area contributed by atoms with Crippen LogP contribution in [0.2, 0.25) is 0 Å². The first-order valence-electron chi connectivity index (χ1n) is 9.22. The third kappa shape index (κ3) is 2.68. The largest absolute Gasteiger partial charge is 0.337 e. The van der Waals surface area contributed by atoms with Crippen LogP contribution in [0.3, 0.4) is 0 Å². The second kappa shape index (κ2) is 6.33. The van der Waals surface area contributed by atoms with Crippen LogP contribution in [0.5, 0.6) is 0 Å². The molecule has 2 atom stereocenters. The number of carbonyl (C=O) groups is 1. The molecule has 1 amide bonds. The number of hydrogen-bond acceptors (Lipinski definition) is 3. The van der Waals surface area contributed by atoms with Crippen LogP contribution in [0.4, 0.5) is 0 Å². The number of likely N-dealkylation sites (N-methyl/N-ethyl adjacent to an activating group) is 1. The molecule has 0 radical (unpaired) electrons. The van der Waals surface area contributed by atoms with Crippen molar-refractivity contribution in [2.75, 3.05) is 20.1 Å². The van der Waals surface area contributed by atoms with Gasteiger partial charge in [0.2, 0.25) is 5.91 Å². The van der Waals surface area contributed by atoms with Gasteiger partial charge in [-0.3, -0.25) is 13.9 Å². The van der Waals surface area contributed by atoms with E-state index in [0.717, 1.165) is 37.0 Å². The summed E-state index contributed by atoms with van der Waals surface area (Å²) in [5, 5.41) is 0. The summed E-state index contributed by atoms with van der Waals surface area (Å²) in [5.74, 6) is 0.0706. The molecule has 6 nitrogen and oxygen atoms in total. The van der Waals surface area contributed by atoms with Crippen LogP contribution < -0.4 is 5.69 Å². The lowest BCUT2D eigenvalue weighted by Crippen LogP contribution is -2.45. The van der Waals surface area contributed by atoms with Crippen molar-refractivity contribution in [3.8, 4) is 0 Å². The SMILES string of the molecule is CN1CCCC[C@@H]2[C@H]1CCN2C(=O)Cn1c(=O)n(C)c2ccccc21. The third-order valence-corrected chi connectivity index (χ3v) is 6.00. The highest BCUT2D eigenvalue weighted by molar-refractivity contribution is 5.81. The molecule has 0 N–H and O–H groups in total. The highest BCUT2D eigenvalue weighted by atomic mass is 16.2. The minimum absolute atomic E-state index is 0.0706. The Kier molecular flexibility index (Phi) is 4.15. The molecule has 134 valence electrons. The fraction of sp³-hybridized carbons (Fsp3) is 0.579. The predicted molar refractivity (Wildman–Crippen MR) is 97.6 cm³/mol. The molecular formula is C19H26N4O2. The van der Waals surface area contributed by atoms with Gasteiger partial charge in [0.1, 0.15) is 6.54 Å². The molecule has 1 aromatic heterocycles. The molecule has 2 saturated heterocycles. The monoisotopic (exact) mass is 342 g/mol. The quantitative estimate of drug-likeness (QED) is 0.829. The molecule has 0 aliphatic carbocycles. The lowest BCUT2D eigenvalue weighted by atomic mass is 10.0. The first kappa shape index (κ1) is 16.4. The van der Waals surface area contributed by atoms with Gasteiger partial charge in [-0.15, -0.1) is 0 Å². The normalized spacial score (nSPS) is 24.5. The molecular weight excluding hydrogens is 316 g/mol. The Hall–Kier alpha value is -2.08. The number of rotatable bonds is 2. The highest BCUT2D eigenvalue weighted by Crippen LogP contribution is 2.29. The van der Waals surface area contributed by atoms with Gasteiger partial charge in [0.05, 0.1) is 11.0 Å². The van der Waals surface area contributed by atoms with Gasteiger partial charge in [-0.25, -0.2) is 4.79 Å². The van der Waals surface area contributed by atoms with E-state index in [9.17, 15) is 9.59 Å². The molecule has 0 bridgehead atoms. The zero-order chi connectivity index (χ0) is 17.6. The number of aromatic nitrogens is 2. The number of benzene rings is 1. The number of para-hydroxylation sites is 2. The Balaban J connectivity index is 1.61. The molecule has 2 aromatic rings. The Bertz CT molecular complexity index is 853. The molecule has 6 heteroatoms. The number of fused-ring (bicyclic) bond motifs is 2. The topological polar surface area (TPSA) is 50.5 Å². The van der Waals surface area contributed by atoms with Gasteiger partial charge in [-0.2, -0.15) is 0 Å². The van der Waals surface area contributed by atoms with Crippen LogP contribution in [0.15, 0.2) is 29.1 Å². The number of nitrogens with zero attached hydrogens (tertiary/aromatic N) is 4. The van der Waals surface area contributed by atoms with Gasteiger partial charge in [-0.1, -0.05) is 18.6 Å². The second-order valence-electron chi connectivity index (χ2n) is 7.40. The zero-order valence-electron chi connectivity index (χ0n) is 15.0. The maximum atomic E-state index is 13.0. The van der Waals surface area contributed by atoms with Gasteiger partial charge >= 0.3 is 5.69 Å². The van der Waals surface area contributed by atoms with E-state index in [1.165, 1.54) is 12.8 Å². The van der Waals surface area contributed by atoms with E-state index >= 15 is 0 Å². The summed E-state index contributed by atoms with van der Waals surface area (Å²) < 4.78 is 3.24. The summed E-state index contributed by atoms with van der Waals surface area (Å²) in [7, 11) is 3.93. The van der Waals surface area contributed by atoms with Crippen LogP contribution >= 0.6 is 0 Å². The molecule has 1 aromatic carbocycles. The number of likely N-dealkylation sites (tertiary alicyclic amines) is 2. The van der Waals surface area contributed by atoms with Crippen molar-refractivity contribution in [3.05, 3.63) is 34.7 Å². The summed E-state index contributed by atoms with van der Waals surface area (Å²) in [6.45, 7) is 2.05. The molecule has 0 saturated carbocycles. The standard InChI is InChI=1S/C19H26N4O2/c1-20-11-6-5-9-16-14(20)10-12-22(16)18(24)13-23-17-8-4-3-7-15(17)21(2)19(23)25/h3-4,7-8,14,16H,5-6,9-13H2,1-2H3/t14-,16-/m1/s1. The van der Waals surface area contributed by atoms with E-state index in [1.54, 1.807) is 16.2 Å². The van der Waals surface area contributed by atoms with E-state index in [-0.39, 0.29) is 18.1 Å². The fourth-order valence-electron chi connectivity index (χ4n) is 4.63. The molecule has 0 unspecified atom stereocenters.